The first-order chi connectivity index (χ1) is 5.74. The summed E-state index contributed by atoms with van der Waals surface area (Å²) >= 11 is 0. The van der Waals surface area contributed by atoms with Gasteiger partial charge in [-0.3, -0.25) is 4.98 Å². The van der Waals surface area contributed by atoms with Crippen molar-refractivity contribution in [2.45, 2.75) is 19.8 Å². The first-order valence-electron chi connectivity index (χ1n) is 3.99. The van der Waals surface area contributed by atoms with E-state index in [9.17, 15) is 5.11 Å². The summed E-state index contributed by atoms with van der Waals surface area (Å²) in [4.78, 5) is 4.00. The predicted molar refractivity (Wildman–Crippen MR) is 46.0 cm³/mol. The van der Waals surface area contributed by atoms with E-state index in [1.807, 2.05) is 0 Å². The average Bonchev–Trinajstić information content (AvgIpc) is 2.07. The Hall–Kier alpha value is -1.09. The molecule has 1 heterocycles. The van der Waals surface area contributed by atoms with E-state index >= 15 is 0 Å². The van der Waals surface area contributed by atoms with Gasteiger partial charge in [-0.1, -0.05) is 0 Å². The van der Waals surface area contributed by atoms with Crippen LogP contribution in [-0.4, -0.2) is 21.8 Å². The van der Waals surface area contributed by atoms with Crippen molar-refractivity contribution in [2.75, 3.05) is 6.61 Å². The Bertz CT molecular complexity index is 261. The van der Waals surface area contributed by atoms with Gasteiger partial charge in [-0.2, -0.15) is 0 Å². The molecule has 0 aromatic carbocycles. The fraction of sp³-hybridized carbons (Fsp3) is 0.444. The van der Waals surface area contributed by atoms with Crippen LogP contribution in [0.25, 0.3) is 0 Å². The van der Waals surface area contributed by atoms with Gasteiger partial charge in [0.15, 0.2) is 0 Å². The van der Waals surface area contributed by atoms with E-state index in [1.54, 1.807) is 19.2 Å². The van der Waals surface area contributed by atoms with Gasteiger partial charge < -0.3 is 10.2 Å². The molecule has 1 aromatic rings. The molecule has 1 rings (SSSR count). The molecule has 2 N–H and O–H groups in total. The Morgan fingerprint density at radius 1 is 1.50 bits per heavy atom. The minimum absolute atomic E-state index is 0.175. The molecule has 0 amide bonds. The van der Waals surface area contributed by atoms with E-state index in [1.165, 1.54) is 0 Å². The van der Waals surface area contributed by atoms with Gasteiger partial charge in [0.25, 0.3) is 0 Å². The van der Waals surface area contributed by atoms with Crippen molar-refractivity contribution < 1.29 is 10.2 Å². The van der Waals surface area contributed by atoms with Gasteiger partial charge in [-0.15, -0.1) is 0 Å². The first-order valence-corrected chi connectivity index (χ1v) is 3.99. The van der Waals surface area contributed by atoms with Crippen LogP contribution in [0.1, 0.15) is 17.7 Å². The minimum atomic E-state index is 0.175. The average molecular weight is 167 g/mol. The highest BCUT2D eigenvalue weighted by atomic mass is 16.3. The Morgan fingerprint density at radius 2 is 2.25 bits per heavy atom. The molecular weight excluding hydrogens is 154 g/mol. The van der Waals surface area contributed by atoms with Gasteiger partial charge in [0, 0.05) is 12.8 Å². The molecule has 0 aliphatic carbocycles. The highest BCUT2D eigenvalue weighted by Gasteiger charge is 1.98. The molecule has 0 spiro atoms. The number of aliphatic hydroxyl groups is 1. The quantitative estimate of drug-likeness (QED) is 0.706. The maximum atomic E-state index is 9.27. The largest absolute Gasteiger partial charge is 0.506 e. The number of aryl methyl sites for hydroxylation is 2. The number of nitrogens with zero attached hydrogens (tertiary/aromatic N) is 1. The van der Waals surface area contributed by atoms with Crippen molar-refractivity contribution in [1.29, 1.82) is 0 Å². The highest BCUT2D eigenvalue weighted by Crippen LogP contribution is 2.15. The van der Waals surface area contributed by atoms with E-state index in [2.05, 4.69) is 4.98 Å². The molecule has 1 aromatic heterocycles. The number of hydrogen-bond acceptors (Lipinski definition) is 3. The molecule has 3 heteroatoms. The molecule has 0 saturated carbocycles. The topological polar surface area (TPSA) is 53.4 Å². The van der Waals surface area contributed by atoms with E-state index in [0.717, 1.165) is 12.0 Å². The molecule has 3 nitrogen and oxygen atoms in total. The Labute approximate surface area is 71.7 Å². The predicted octanol–water partition coefficient (Wildman–Crippen LogP) is 1.02. The van der Waals surface area contributed by atoms with Crippen molar-refractivity contribution in [3.05, 3.63) is 23.5 Å². The Kier molecular flexibility index (Phi) is 3.05. The van der Waals surface area contributed by atoms with E-state index in [0.29, 0.717) is 12.1 Å². The Balaban J connectivity index is 2.69. The van der Waals surface area contributed by atoms with Crippen molar-refractivity contribution >= 4 is 0 Å². The number of rotatable bonds is 3. The smallest absolute Gasteiger partial charge is 0.137 e. The molecular formula is C9H13NO2. The van der Waals surface area contributed by atoms with Gasteiger partial charge >= 0.3 is 0 Å². The third kappa shape index (κ3) is 2.20. The fourth-order valence-electron chi connectivity index (χ4n) is 0.983. The van der Waals surface area contributed by atoms with Gasteiger partial charge in [0.05, 0.1) is 5.69 Å². The van der Waals surface area contributed by atoms with Crippen LogP contribution < -0.4 is 0 Å². The van der Waals surface area contributed by atoms with Crippen LogP contribution in [0.3, 0.4) is 0 Å². The molecule has 0 fully saturated rings. The van der Waals surface area contributed by atoms with Gasteiger partial charge in [-0.05, 0) is 31.4 Å². The van der Waals surface area contributed by atoms with Crippen molar-refractivity contribution in [3.63, 3.8) is 0 Å². The maximum Gasteiger partial charge on any atom is 0.137 e. The first kappa shape index (κ1) is 9.00. The van der Waals surface area contributed by atoms with Crippen LogP contribution in [-0.2, 0) is 6.42 Å². The fourth-order valence-corrected chi connectivity index (χ4v) is 0.983. The molecule has 0 atom stereocenters. The number of aliphatic hydroxyl groups excluding tert-OH is 1. The number of pyridine rings is 1. The van der Waals surface area contributed by atoms with Crippen LogP contribution in [0.5, 0.6) is 5.75 Å². The molecule has 0 radical (unpaired) electrons. The SMILES string of the molecule is Cc1ncc(CCCO)cc1O. The maximum absolute atomic E-state index is 9.27. The van der Waals surface area contributed by atoms with Crippen LogP contribution in [0.4, 0.5) is 0 Å². The molecule has 0 saturated heterocycles. The number of aromatic nitrogens is 1. The second-order valence-corrected chi connectivity index (χ2v) is 2.78. The summed E-state index contributed by atoms with van der Waals surface area (Å²) in [6.45, 7) is 1.93. The summed E-state index contributed by atoms with van der Waals surface area (Å²) in [7, 11) is 0. The summed E-state index contributed by atoms with van der Waals surface area (Å²) in [6, 6.07) is 1.69. The lowest BCUT2D eigenvalue weighted by molar-refractivity contribution is 0.288. The summed E-state index contributed by atoms with van der Waals surface area (Å²) in [6.07, 6.45) is 3.20. The molecule has 0 unspecified atom stereocenters. The van der Waals surface area contributed by atoms with Crippen LogP contribution >= 0.6 is 0 Å². The summed E-state index contributed by atoms with van der Waals surface area (Å²) in [5.74, 6) is 0.227. The monoisotopic (exact) mass is 167 g/mol. The van der Waals surface area contributed by atoms with E-state index in [-0.39, 0.29) is 12.4 Å². The van der Waals surface area contributed by atoms with Gasteiger partial charge in [0.2, 0.25) is 0 Å². The minimum Gasteiger partial charge on any atom is -0.506 e. The lowest BCUT2D eigenvalue weighted by Gasteiger charge is -2.01. The van der Waals surface area contributed by atoms with E-state index in [4.69, 9.17) is 5.11 Å². The zero-order valence-corrected chi connectivity index (χ0v) is 7.12. The Morgan fingerprint density at radius 3 is 2.83 bits per heavy atom. The summed E-state index contributed by atoms with van der Waals surface area (Å²) in [5, 5.41) is 17.8. The van der Waals surface area contributed by atoms with Crippen molar-refractivity contribution in [2.24, 2.45) is 0 Å². The third-order valence-electron chi connectivity index (χ3n) is 1.74. The molecule has 0 bridgehead atoms. The second-order valence-electron chi connectivity index (χ2n) is 2.78. The molecule has 12 heavy (non-hydrogen) atoms. The van der Waals surface area contributed by atoms with E-state index < -0.39 is 0 Å². The molecule has 0 aliphatic rings. The van der Waals surface area contributed by atoms with Crippen LogP contribution in [0, 0.1) is 6.92 Å². The zero-order valence-electron chi connectivity index (χ0n) is 7.12. The zero-order chi connectivity index (χ0) is 8.97. The lowest BCUT2D eigenvalue weighted by atomic mass is 10.1. The van der Waals surface area contributed by atoms with Crippen LogP contribution in [0.15, 0.2) is 12.3 Å². The standard InChI is InChI=1S/C9H13NO2/c1-7-9(12)5-8(6-10-7)3-2-4-11/h5-6,11-12H,2-4H2,1H3. The van der Waals surface area contributed by atoms with Gasteiger partial charge in [0.1, 0.15) is 5.75 Å². The van der Waals surface area contributed by atoms with Gasteiger partial charge in [-0.25, -0.2) is 0 Å². The second kappa shape index (κ2) is 4.07. The number of hydrogen-bond donors (Lipinski definition) is 2. The van der Waals surface area contributed by atoms with Crippen molar-refractivity contribution in [3.8, 4) is 5.75 Å². The summed E-state index contributed by atoms with van der Waals surface area (Å²) < 4.78 is 0. The lowest BCUT2D eigenvalue weighted by Crippen LogP contribution is -1.91. The number of aromatic hydroxyl groups is 1. The molecule has 66 valence electrons. The third-order valence-corrected chi connectivity index (χ3v) is 1.74. The normalized spacial score (nSPS) is 10.2. The summed E-state index contributed by atoms with van der Waals surface area (Å²) in [5.41, 5.74) is 1.61. The van der Waals surface area contributed by atoms with Crippen molar-refractivity contribution in [1.82, 2.24) is 4.98 Å². The highest BCUT2D eigenvalue weighted by molar-refractivity contribution is 5.28. The van der Waals surface area contributed by atoms with Crippen LogP contribution in [0.2, 0.25) is 0 Å². The molecule has 0 aliphatic heterocycles.